The number of carbonyl (C=O) groups excluding carboxylic acids is 1. The first-order valence-corrected chi connectivity index (χ1v) is 8.10. The molecule has 2 aliphatic heterocycles. The van der Waals surface area contributed by atoms with E-state index in [9.17, 15) is 14.7 Å². The van der Waals surface area contributed by atoms with Gasteiger partial charge in [0.25, 0.3) is 0 Å². The third-order valence-electron chi connectivity index (χ3n) is 4.99. The third kappa shape index (κ3) is 3.16. The molecule has 3 aliphatic rings. The fourth-order valence-electron chi connectivity index (χ4n) is 3.85. The molecule has 0 bridgehead atoms. The molecule has 0 aromatic rings. The van der Waals surface area contributed by atoms with Crippen molar-refractivity contribution in [3.8, 4) is 0 Å². The summed E-state index contributed by atoms with van der Waals surface area (Å²) in [4.78, 5) is 22.6. The zero-order chi connectivity index (χ0) is 18.2. The van der Waals surface area contributed by atoms with Gasteiger partial charge in [-0.05, 0) is 30.7 Å². The Balaban J connectivity index is 1.91. The van der Waals surface area contributed by atoms with Crippen LogP contribution in [0.15, 0.2) is 24.3 Å². The highest BCUT2D eigenvalue weighted by atomic mass is 16.7. The number of allylic oxidation sites excluding steroid dienone is 2. The Bertz CT molecular complexity index is 596. The molecule has 0 radical (unpaired) electrons. The molecule has 0 aromatic heterocycles. The van der Waals surface area contributed by atoms with Crippen molar-refractivity contribution in [3.05, 3.63) is 24.3 Å². The van der Waals surface area contributed by atoms with Crippen LogP contribution in [0.3, 0.4) is 0 Å². The van der Waals surface area contributed by atoms with Gasteiger partial charge in [-0.15, -0.1) is 0 Å². The molecule has 0 aromatic carbocycles. The Kier molecular flexibility index (Phi) is 4.82. The van der Waals surface area contributed by atoms with Gasteiger partial charge in [-0.2, -0.15) is 0 Å². The van der Waals surface area contributed by atoms with Crippen LogP contribution in [0, 0.1) is 0 Å². The number of hydrogen-bond donors (Lipinski definition) is 2. The number of methoxy groups -OCH3 is 2. The summed E-state index contributed by atoms with van der Waals surface area (Å²) in [5.74, 6) is -2.52. The van der Waals surface area contributed by atoms with E-state index in [0.29, 0.717) is 12.8 Å². The number of carbonyl (C=O) groups is 2. The molecule has 2 saturated heterocycles. The van der Waals surface area contributed by atoms with E-state index in [1.165, 1.54) is 26.4 Å². The minimum Gasteiger partial charge on any atom is -0.481 e. The number of aliphatic hydroxyl groups excluding tert-OH is 1. The van der Waals surface area contributed by atoms with Crippen molar-refractivity contribution in [1.29, 1.82) is 0 Å². The van der Waals surface area contributed by atoms with E-state index in [0.717, 1.165) is 0 Å². The van der Waals surface area contributed by atoms with Crippen molar-refractivity contribution in [2.24, 2.45) is 0 Å². The minimum absolute atomic E-state index is 0.133. The van der Waals surface area contributed by atoms with Crippen LogP contribution in [-0.4, -0.2) is 72.0 Å². The Morgan fingerprint density at radius 3 is 2.52 bits per heavy atom. The van der Waals surface area contributed by atoms with Gasteiger partial charge in [0.2, 0.25) is 0 Å². The highest BCUT2D eigenvalue weighted by Crippen LogP contribution is 2.48. The normalized spacial score (nSPS) is 39.4. The SMILES string of the molecule is COC1[C@H](O)C(OC)[C@@]2(CCC3(C=CC(=O)C=C3)O2)O[C@@H]1CC(=O)O. The number of carboxylic acids is 1. The number of hydrogen-bond acceptors (Lipinski definition) is 7. The first-order chi connectivity index (χ1) is 11.8. The average Bonchev–Trinajstić information content (AvgIpc) is 2.89. The molecule has 8 heteroatoms. The van der Waals surface area contributed by atoms with Gasteiger partial charge < -0.3 is 29.2 Å². The van der Waals surface area contributed by atoms with Crippen LogP contribution in [0.1, 0.15) is 19.3 Å². The van der Waals surface area contributed by atoms with E-state index in [1.54, 1.807) is 12.2 Å². The van der Waals surface area contributed by atoms with E-state index in [-0.39, 0.29) is 12.2 Å². The lowest BCUT2D eigenvalue weighted by atomic mass is 9.88. The van der Waals surface area contributed by atoms with Crippen molar-refractivity contribution >= 4 is 11.8 Å². The maximum Gasteiger partial charge on any atom is 0.306 e. The Hall–Kier alpha value is -1.58. The molecular formula is C17H22O8. The molecule has 2 heterocycles. The average molecular weight is 354 g/mol. The molecule has 25 heavy (non-hydrogen) atoms. The van der Waals surface area contributed by atoms with Crippen molar-refractivity contribution in [2.45, 2.75) is 55.1 Å². The largest absolute Gasteiger partial charge is 0.481 e. The molecule has 2 fully saturated rings. The number of rotatable bonds is 4. The Morgan fingerprint density at radius 1 is 1.28 bits per heavy atom. The molecule has 2 unspecified atom stereocenters. The van der Waals surface area contributed by atoms with Gasteiger partial charge in [0.05, 0.1) is 6.42 Å². The highest BCUT2D eigenvalue weighted by Gasteiger charge is 2.61. The van der Waals surface area contributed by atoms with Crippen LogP contribution in [0.5, 0.6) is 0 Å². The van der Waals surface area contributed by atoms with Gasteiger partial charge in [0.15, 0.2) is 11.6 Å². The maximum absolute atomic E-state index is 11.4. The number of ketones is 1. The summed E-state index contributed by atoms with van der Waals surface area (Å²) in [5, 5.41) is 19.8. The number of ether oxygens (including phenoxy) is 4. The van der Waals surface area contributed by atoms with Crippen LogP contribution in [0.4, 0.5) is 0 Å². The lowest BCUT2D eigenvalue weighted by Gasteiger charge is -2.49. The molecule has 0 amide bonds. The van der Waals surface area contributed by atoms with Crippen molar-refractivity contribution in [2.75, 3.05) is 14.2 Å². The summed E-state index contributed by atoms with van der Waals surface area (Å²) in [6.07, 6.45) is 2.97. The monoisotopic (exact) mass is 354 g/mol. The molecule has 2 N–H and O–H groups in total. The zero-order valence-electron chi connectivity index (χ0n) is 14.1. The lowest BCUT2D eigenvalue weighted by molar-refractivity contribution is -0.362. The van der Waals surface area contributed by atoms with Gasteiger partial charge in [0.1, 0.15) is 30.0 Å². The quantitative estimate of drug-likeness (QED) is 0.736. The van der Waals surface area contributed by atoms with Gasteiger partial charge in [0, 0.05) is 20.6 Å². The van der Waals surface area contributed by atoms with Crippen molar-refractivity contribution in [1.82, 2.24) is 0 Å². The van der Waals surface area contributed by atoms with Crippen LogP contribution < -0.4 is 0 Å². The summed E-state index contributed by atoms with van der Waals surface area (Å²) >= 11 is 0. The third-order valence-corrected chi connectivity index (χ3v) is 4.99. The molecule has 138 valence electrons. The highest BCUT2D eigenvalue weighted by molar-refractivity contribution is 6.00. The van der Waals surface area contributed by atoms with Gasteiger partial charge >= 0.3 is 5.97 Å². The minimum atomic E-state index is -1.32. The molecule has 2 spiro atoms. The summed E-state index contributed by atoms with van der Waals surface area (Å²) in [6, 6.07) is 0. The second-order valence-corrected chi connectivity index (χ2v) is 6.54. The first-order valence-electron chi connectivity index (χ1n) is 8.10. The van der Waals surface area contributed by atoms with Gasteiger partial charge in [-0.3, -0.25) is 9.59 Å². The Morgan fingerprint density at radius 2 is 1.96 bits per heavy atom. The summed E-state index contributed by atoms with van der Waals surface area (Å²) in [7, 11) is 2.81. The zero-order valence-corrected chi connectivity index (χ0v) is 14.1. The van der Waals surface area contributed by atoms with Gasteiger partial charge in [-0.1, -0.05) is 0 Å². The topological polar surface area (TPSA) is 112 Å². The molecule has 5 atom stereocenters. The predicted molar refractivity (Wildman–Crippen MR) is 83.8 cm³/mol. The summed E-state index contributed by atoms with van der Waals surface area (Å²) in [5.41, 5.74) is -0.835. The summed E-state index contributed by atoms with van der Waals surface area (Å²) in [6.45, 7) is 0. The molecule has 1 aliphatic carbocycles. The number of carboxylic acid groups (broad SMARTS) is 1. The fraction of sp³-hybridized carbons (Fsp3) is 0.647. The summed E-state index contributed by atoms with van der Waals surface area (Å²) < 4.78 is 22.9. The Labute approximate surface area is 145 Å². The van der Waals surface area contributed by atoms with Gasteiger partial charge in [-0.25, -0.2) is 0 Å². The van der Waals surface area contributed by atoms with Crippen LogP contribution in [0.2, 0.25) is 0 Å². The van der Waals surface area contributed by atoms with Crippen LogP contribution in [-0.2, 0) is 28.5 Å². The van der Waals surface area contributed by atoms with Crippen molar-refractivity contribution in [3.63, 3.8) is 0 Å². The van der Waals surface area contributed by atoms with E-state index in [4.69, 9.17) is 24.1 Å². The number of aliphatic hydroxyl groups is 1. The van der Waals surface area contributed by atoms with E-state index < -0.39 is 41.8 Å². The second-order valence-electron chi connectivity index (χ2n) is 6.54. The fourth-order valence-corrected chi connectivity index (χ4v) is 3.85. The smallest absolute Gasteiger partial charge is 0.306 e. The lowest BCUT2D eigenvalue weighted by Crippen LogP contribution is -2.66. The van der Waals surface area contributed by atoms with Crippen molar-refractivity contribution < 1.29 is 38.7 Å². The van der Waals surface area contributed by atoms with E-state index >= 15 is 0 Å². The predicted octanol–water partition coefficient (Wildman–Crippen LogP) is 0.191. The number of aliphatic carboxylic acids is 1. The van der Waals surface area contributed by atoms with E-state index in [2.05, 4.69) is 0 Å². The molecule has 3 rings (SSSR count). The first kappa shape index (κ1) is 18.2. The van der Waals surface area contributed by atoms with Crippen LogP contribution >= 0.6 is 0 Å². The maximum atomic E-state index is 11.4. The standard InChI is InChI=1S/C17H22O8/c1-22-14-11(9-12(19)20)24-17(15(23-2)13(14)21)8-7-16(25-17)5-3-10(18)4-6-16/h3-6,11,13-15,21H,7-9H2,1-2H3,(H,19,20)/t11-,13+,14?,15?,17+/m1/s1. The molecule has 8 nitrogen and oxygen atoms in total. The molecule has 0 saturated carbocycles. The van der Waals surface area contributed by atoms with Crippen LogP contribution in [0.25, 0.3) is 0 Å². The van der Waals surface area contributed by atoms with E-state index in [1.807, 2.05) is 0 Å². The molecular weight excluding hydrogens is 332 g/mol. The second kappa shape index (κ2) is 6.62.